The van der Waals surface area contributed by atoms with Crippen LogP contribution in [0.15, 0.2) is 0 Å². The molecule has 0 aromatic heterocycles. The summed E-state index contributed by atoms with van der Waals surface area (Å²) < 4.78 is 59.6. The molecule has 0 spiro atoms. The van der Waals surface area contributed by atoms with Gasteiger partial charge in [-0.05, 0) is 19.9 Å². The number of sulfone groups is 1. The minimum absolute atomic E-state index is 0.243. The Balaban J connectivity index is 2.60. The summed E-state index contributed by atoms with van der Waals surface area (Å²) >= 11 is 0. The summed E-state index contributed by atoms with van der Waals surface area (Å²) in [6, 6.07) is -0.328. The fraction of sp³-hybridized carbons (Fsp3) is 0.917. The zero-order chi connectivity index (χ0) is 16.3. The van der Waals surface area contributed by atoms with Crippen LogP contribution in [0.25, 0.3) is 0 Å². The highest BCUT2D eigenvalue weighted by Gasteiger charge is 2.36. The minimum atomic E-state index is -4.45. The summed E-state index contributed by atoms with van der Waals surface area (Å²) in [6.45, 7) is -1.62. The smallest absolute Gasteiger partial charge is 0.346 e. The number of likely N-dealkylation sites (N-methyl/N-ethyl adjacent to an activating group) is 1. The van der Waals surface area contributed by atoms with Gasteiger partial charge in [0, 0.05) is 12.3 Å². The standard InChI is InChI=1S/C12H21F3N2O3S/c1-17(7-11(18)16-8-12(13,14)15)9-5-3-4-6-10(9)21(2,19)20/h9-10H,3-8H2,1-2H3,(H,16,18)/t9-,10-/m0/s1. The zero-order valence-corrected chi connectivity index (χ0v) is 12.9. The summed E-state index contributed by atoms with van der Waals surface area (Å²) in [7, 11) is -1.67. The molecule has 1 aliphatic carbocycles. The summed E-state index contributed by atoms with van der Waals surface area (Å²) in [4.78, 5) is 13.0. The van der Waals surface area contributed by atoms with E-state index in [9.17, 15) is 26.4 Å². The van der Waals surface area contributed by atoms with Crippen molar-refractivity contribution in [2.24, 2.45) is 0 Å². The molecular formula is C12H21F3N2O3S. The third-order valence-electron chi connectivity index (χ3n) is 3.66. The van der Waals surface area contributed by atoms with E-state index in [0.29, 0.717) is 12.8 Å². The van der Waals surface area contributed by atoms with Crippen LogP contribution in [-0.4, -0.2) is 63.1 Å². The van der Waals surface area contributed by atoms with Crippen LogP contribution in [0.3, 0.4) is 0 Å². The van der Waals surface area contributed by atoms with Gasteiger partial charge in [0.25, 0.3) is 0 Å². The van der Waals surface area contributed by atoms with E-state index in [4.69, 9.17) is 0 Å². The van der Waals surface area contributed by atoms with Crippen LogP contribution in [0, 0.1) is 0 Å². The number of hydrogen-bond donors (Lipinski definition) is 1. The van der Waals surface area contributed by atoms with Crippen molar-refractivity contribution in [2.45, 2.75) is 43.2 Å². The summed E-state index contributed by atoms with van der Waals surface area (Å²) in [5, 5.41) is 1.23. The van der Waals surface area contributed by atoms with Crippen molar-refractivity contribution in [3.05, 3.63) is 0 Å². The molecule has 0 aromatic carbocycles. The van der Waals surface area contributed by atoms with Gasteiger partial charge in [0.15, 0.2) is 9.84 Å². The summed E-state index contributed by atoms with van der Waals surface area (Å²) in [6.07, 6.45) is -0.478. The number of nitrogens with zero attached hydrogens (tertiary/aromatic N) is 1. The van der Waals surface area contributed by atoms with Gasteiger partial charge < -0.3 is 5.32 Å². The fourth-order valence-electron chi connectivity index (χ4n) is 2.68. The molecule has 0 heterocycles. The van der Waals surface area contributed by atoms with Gasteiger partial charge in [-0.25, -0.2) is 8.42 Å². The Kier molecular flexibility index (Phi) is 6.03. The molecule has 1 amide bonds. The second-order valence-corrected chi connectivity index (χ2v) is 7.79. The van der Waals surface area contributed by atoms with Gasteiger partial charge in [-0.3, -0.25) is 9.69 Å². The highest BCUT2D eigenvalue weighted by atomic mass is 32.2. The summed E-state index contributed by atoms with van der Waals surface area (Å²) in [5.74, 6) is -0.757. The SMILES string of the molecule is CN(CC(=O)NCC(F)(F)F)[C@H]1CCCC[C@@H]1S(C)(=O)=O. The first-order chi connectivity index (χ1) is 9.50. The molecular weight excluding hydrogens is 309 g/mol. The second-order valence-electron chi connectivity index (χ2n) is 5.53. The molecule has 124 valence electrons. The van der Waals surface area contributed by atoms with E-state index in [0.717, 1.165) is 19.1 Å². The molecule has 9 heteroatoms. The third-order valence-corrected chi connectivity index (χ3v) is 5.31. The second kappa shape index (κ2) is 6.95. The maximum absolute atomic E-state index is 12.0. The Hall–Kier alpha value is -0.830. The highest BCUT2D eigenvalue weighted by Crippen LogP contribution is 2.27. The Morgan fingerprint density at radius 1 is 1.29 bits per heavy atom. The molecule has 2 atom stereocenters. The first-order valence-corrected chi connectivity index (χ1v) is 8.69. The number of rotatable bonds is 5. The van der Waals surface area contributed by atoms with Gasteiger partial charge >= 0.3 is 6.18 Å². The molecule has 0 unspecified atom stereocenters. The monoisotopic (exact) mass is 330 g/mol. The van der Waals surface area contributed by atoms with Crippen LogP contribution in [-0.2, 0) is 14.6 Å². The number of nitrogens with one attached hydrogen (secondary N) is 1. The van der Waals surface area contributed by atoms with E-state index < -0.39 is 33.7 Å². The van der Waals surface area contributed by atoms with Crippen molar-refractivity contribution < 1.29 is 26.4 Å². The molecule has 1 aliphatic rings. The van der Waals surface area contributed by atoms with Crippen LogP contribution >= 0.6 is 0 Å². The van der Waals surface area contributed by atoms with Crippen molar-refractivity contribution >= 4 is 15.7 Å². The van der Waals surface area contributed by atoms with Crippen LogP contribution in [0.1, 0.15) is 25.7 Å². The Bertz CT molecular complexity index is 465. The molecule has 0 aromatic rings. The molecule has 0 saturated heterocycles. The van der Waals surface area contributed by atoms with Crippen molar-refractivity contribution in [1.82, 2.24) is 10.2 Å². The predicted molar refractivity (Wildman–Crippen MR) is 72.6 cm³/mol. The van der Waals surface area contributed by atoms with Crippen molar-refractivity contribution in [3.63, 3.8) is 0 Å². The lowest BCUT2D eigenvalue weighted by Crippen LogP contribution is -2.50. The van der Waals surface area contributed by atoms with E-state index >= 15 is 0 Å². The number of carbonyl (C=O) groups is 1. The number of alkyl halides is 3. The quantitative estimate of drug-likeness (QED) is 0.815. The first kappa shape index (κ1) is 18.2. The average Bonchev–Trinajstić information content (AvgIpc) is 2.34. The minimum Gasteiger partial charge on any atom is -0.346 e. The van der Waals surface area contributed by atoms with Gasteiger partial charge in [0.05, 0.1) is 11.8 Å². The normalized spacial score (nSPS) is 24.1. The number of carbonyl (C=O) groups excluding carboxylic acids is 1. The van der Waals surface area contributed by atoms with E-state index in [1.807, 2.05) is 0 Å². The lowest BCUT2D eigenvalue weighted by atomic mass is 9.94. The van der Waals surface area contributed by atoms with E-state index in [2.05, 4.69) is 0 Å². The topological polar surface area (TPSA) is 66.5 Å². The number of hydrogen-bond acceptors (Lipinski definition) is 4. The van der Waals surface area contributed by atoms with Crippen LogP contribution in [0.5, 0.6) is 0 Å². The summed E-state index contributed by atoms with van der Waals surface area (Å²) in [5.41, 5.74) is 0. The Morgan fingerprint density at radius 2 is 1.86 bits per heavy atom. The molecule has 1 rings (SSSR count). The van der Waals surface area contributed by atoms with Crippen molar-refractivity contribution in [3.8, 4) is 0 Å². The first-order valence-electron chi connectivity index (χ1n) is 6.73. The van der Waals surface area contributed by atoms with E-state index in [1.165, 1.54) is 4.90 Å². The largest absolute Gasteiger partial charge is 0.405 e. The predicted octanol–water partition coefficient (Wildman–Crippen LogP) is 0.953. The maximum Gasteiger partial charge on any atom is 0.405 e. The molecule has 0 radical (unpaired) electrons. The van der Waals surface area contributed by atoms with Crippen LogP contribution < -0.4 is 5.32 Å². The molecule has 1 fully saturated rings. The van der Waals surface area contributed by atoms with Gasteiger partial charge in [0.1, 0.15) is 6.54 Å². The molecule has 21 heavy (non-hydrogen) atoms. The maximum atomic E-state index is 12.0. The van der Waals surface area contributed by atoms with Crippen LogP contribution in [0.2, 0.25) is 0 Å². The Morgan fingerprint density at radius 3 is 2.38 bits per heavy atom. The molecule has 0 bridgehead atoms. The van der Waals surface area contributed by atoms with Crippen LogP contribution in [0.4, 0.5) is 13.2 Å². The molecule has 5 nitrogen and oxygen atoms in total. The van der Waals surface area contributed by atoms with Crippen molar-refractivity contribution in [2.75, 3.05) is 26.4 Å². The van der Waals surface area contributed by atoms with Gasteiger partial charge in [-0.1, -0.05) is 12.8 Å². The van der Waals surface area contributed by atoms with E-state index in [1.54, 1.807) is 12.4 Å². The third kappa shape index (κ3) is 6.21. The van der Waals surface area contributed by atoms with Gasteiger partial charge in [-0.2, -0.15) is 13.2 Å². The lowest BCUT2D eigenvalue weighted by molar-refractivity contribution is -0.139. The zero-order valence-electron chi connectivity index (χ0n) is 12.1. The molecule has 1 N–H and O–H groups in total. The highest BCUT2D eigenvalue weighted by molar-refractivity contribution is 7.91. The van der Waals surface area contributed by atoms with Gasteiger partial charge in [0.2, 0.25) is 5.91 Å². The number of halogens is 3. The fourth-order valence-corrected chi connectivity index (χ4v) is 4.19. The van der Waals surface area contributed by atoms with Gasteiger partial charge in [-0.15, -0.1) is 0 Å². The Labute approximate surface area is 122 Å². The molecule has 0 aliphatic heterocycles. The lowest BCUT2D eigenvalue weighted by Gasteiger charge is -2.36. The average molecular weight is 330 g/mol. The number of amides is 1. The molecule has 1 saturated carbocycles. The van der Waals surface area contributed by atoms with E-state index in [-0.39, 0.29) is 12.6 Å². The van der Waals surface area contributed by atoms with Crippen molar-refractivity contribution in [1.29, 1.82) is 0 Å².